The Hall–Kier alpha value is -9.00. The summed E-state index contributed by atoms with van der Waals surface area (Å²) in [4.78, 5) is 159. The largest absolute Gasteiger partial charge is 0.459 e. The maximum atomic E-state index is 13.8. The van der Waals surface area contributed by atoms with E-state index in [4.69, 9.17) is 14.2 Å². The molecule has 0 saturated heterocycles. The lowest BCUT2D eigenvalue weighted by atomic mass is 10.1. The van der Waals surface area contributed by atoms with Crippen LogP contribution in [0.3, 0.4) is 0 Å². The van der Waals surface area contributed by atoms with Crippen molar-refractivity contribution in [3.63, 3.8) is 0 Å². The van der Waals surface area contributed by atoms with Crippen molar-refractivity contribution in [2.24, 2.45) is 0 Å². The van der Waals surface area contributed by atoms with E-state index in [1.807, 2.05) is 0 Å². The molecule has 0 fully saturated rings. The van der Waals surface area contributed by atoms with E-state index in [0.717, 1.165) is 32.9 Å². The van der Waals surface area contributed by atoms with E-state index in [0.29, 0.717) is 13.7 Å². The van der Waals surface area contributed by atoms with Gasteiger partial charge in [0.05, 0.1) is 69.7 Å². The van der Waals surface area contributed by atoms with E-state index in [1.165, 1.54) is 54.6 Å². The number of carbonyl (C=O) groups is 9. The van der Waals surface area contributed by atoms with Crippen LogP contribution >= 0.6 is 0 Å². The van der Waals surface area contributed by atoms with Gasteiger partial charge in [-0.25, -0.2) is 42.5 Å². The molecule has 0 saturated carbocycles. The maximum absolute atomic E-state index is 13.8. The predicted molar refractivity (Wildman–Crippen MR) is 244 cm³/mol. The number of ether oxygens (including phenoxy) is 3. The van der Waals surface area contributed by atoms with Crippen LogP contribution in [0.5, 0.6) is 0 Å². The smallest absolute Gasteiger partial charge is 0.338 e. The number of nitrogens with zero attached hydrogens (tertiary/aromatic N) is 6. The predicted octanol–water partition coefficient (Wildman–Crippen LogP) is -0.829. The van der Waals surface area contributed by atoms with E-state index in [2.05, 4.69) is 19.7 Å². The van der Waals surface area contributed by atoms with Crippen LogP contribution in [0, 0.1) is 0 Å². The van der Waals surface area contributed by atoms with Gasteiger partial charge in [-0.15, -0.1) is 19.7 Å². The number of aliphatic hydroxyl groups is 3. The quantitative estimate of drug-likeness (QED) is 0.0397. The Labute approximate surface area is 405 Å². The number of fused-ring (bicyclic) bond motifs is 3. The van der Waals surface area contributed by atoms with Crippen molar-refractivity contribution in [2.75, 3.05) is 39.5 Å². The Morgan fingerprint density at radius 2 is 0.653 bits per heavy atom. The van der Waals surface area contributed by atoms with Gasteiger partial charge in [0.2, 0.25) is 0 Å². The highest BCUT2D eigenvalue weighted by Crippen LogP contribution is 2.27. The monoisotopic (exact) mass is 990 g/mol. The topological polar surface area (TPSA) is 318 Å². The summed E-state index contributed by atoms with van der Waals surface area (Å²) in [6.07, 6.45) is -1.59. The zero-order valence-electron chi connectivity index (χ0n) is 37.8. The molecule has 3 unspecified atom stereocenters. The molecule has 4 heterocycles. The van der Waals surface area contributed by atoms with Crippen LogP contribution in [-0.2, 0) is 33.8 Å². The Kier molecular flexibility index (Phi) is 14.8. The van der Waals surface area contributed by atoms with Gasteiger partial charge in [-0.1, -0.05) is 18.2 Å². The molecule has 3 N–H and O–H groups in total. The lowest BCUT2D eigenvalue weighted by Crippen LogP contribution is -2.57. The number of aromatic nitrogens is 3. The fraction of sp³-hybridized carbons (Fsp3) is 0.250. The van der Waals surface area contributed by atoms with Gasteiger partial charge in [0, 0.05) is 19.6 Å². The van der Waals surface area contributed by atoms with Crippen molar-refractivity contribution in [1.82, 2.24) is 28.4 Å². The number of hydrogen-bond donors (Lipinski definition) is 3. The first-order valence-electron chi connectivity index (χ1n) is 21.6. The van der Waals surface area contributed by atoms with Gasteiger partial charge in [0.15, 0.2) is 0 Å². The second-order valence-electron chi connectivity index (χ2n) is 16.2. The van der Waals surface area contributed by atoms with Gasteiger partial charge in [-0.05, 0) is 54.6 Å². The van der Waals surface area contributed by atoms with Crippen molar-refractivity contribution in [3.05, 3.63) is 174 Å². The third kappa shape index (κ3) is 9.76. The number of rotatable bonds is 21. The third-order valence-electron chi connectivity index (χ3n) is 11.3. The Bertz CT molecular complexity index is 2870. The van der Waals surface area contributed by atoms with Gasteiger partial charge in [-0.3, -0.25) is 43.5 Å². The fourth-order valence-electron chi connectivity index (χ4n) is 7.84. The van der Waals surface area contributed by atoms with Crippen LogP contribution in [0.15, 0.2) is 107 Å². The first kappa shape index (κ1) is 50.9. The third-order valence-corrected chi connectivity index (χ3v) is 11.3. The molecule has 0 radical (unpaired) electrons. The highest BCUT2D eigenvalue weighted by molar-refractivity contribution is 6.23. The SMILES string of the molecule is C=CCN1C(=O)c2ccc(C(=O)OCC(O)Cn3c(=O)n(CC(O)COC(=O)c4ccc5c(c4)C(=O)N(CC=C)C5=O)c(=O)n(CC(O)COC(=O)c4ccc5c(c4)C(=O)N(CC=C)C5=O)c3=O)cc2C1=O. The van der Waals surface area contributed by atoms with Crippen LogP contribution in [0.25, 0.3) is 0 Å². The minimum Gasteiger partial charge on any atom is -0.459 e. The molecule has 0 aliphatic carbocycles. The Balaban J connectivity index is 1.08. The van der Waals surface area contributed by atoms with Crippen molar-refractivity contribution < 1.29 is 72.7 Å². The summed E-state index contributed by atoms with van der Waals surface area (Å²) < 4.78 is 16.4. The van der Waals surface area contributed by atoms with E-state index < -0.39 is 128 Å². The molecule has 0 spiro atoms. The highest BCUT2D eigenvalue weighted by atomic mass is 16.6. The van der Waals surface area contributed by atoms with Crippen LogP contribution in [0.1, 0.15) is 93.2 Å². The zero-order valence-corrected chi connectivity index (χ0v) is 37.8. The average molecular weight is 991 g/mol. The molecule has 3 aliphatic heterocycles. The Morgan fingerprint density at radius 1 is 0.417 bits per heavy atom. The van der Waals surface area contributed by atoms with E-state index >= 15 is 0 Å². The van der Waals surface area contributed by atoms with Crippen molar-refractivity contribution in [2.45, 2.75) is 37.9 Å². The first-order chi connectivity index (χ1) is 34.3. The summed E-state index contributed by atoms with van der Waals surface area (Å²) in [7, 11) is 0. The molecule has 4 aromatic rings. The van der Waals surface area contributed by atoms with Crippen LogP contribution in [0.2, 0.25) is 0 Å². The number of carbonyl (C=O) groups excluding carboxylic acids is 9. The summed E-state index contributed by atoms with van der Waals surface area (Å²) in [6, 6.07) is 10.6. The van der Waals surface area contributed by atoms with E-state index in [-0.39, 0.29) is 69.7 Å². The minimum absolute atomic E-state index is 0.0225. The number of imide groups is 3. The van der Waals surface area contributed by atoms with E-state index in [9.17, 15) is 72.9 Å². The lowest BCUT2D eigenvalue weighted by molar-refractivity contribution is 0.0168. The number of amides is 6. The number of benzene rings is 3. The van der Waals surface area contributed by atoms with E-state index in [1.54, 1.807) is 0 Å². The van der Waals surface area contributed by atoms with Crippen molar-refractivity contribution in [3.8, 4) is 0 Å². The number of esters is 3. The molecule has 3 aromatic carbocycles. The van der Waals surface area contributed by atoms with Gasteiger partial charge in [-0.2, -0.15) is 0 Å². The summed E-state index contributed by atoms with van der Waals surface area (Å²) in [5, 5.41) is 32.9. The summed E-state index contributed by atoms with van der Waals surface area (Å²) >= 11 is 0. The number of aliphatic hydroxyl groups excluding tert-OH is 3. The Morgan fingerprint density at radius 3 is 0.889 bits per heavy atom. The standard InChI is InChI=1S/C48H42N6O18/c1-4-13-49-37(58)31-10-7-25(16-34(31)40(49)61)43(64)70-22-28(55)19-52-46(67)53(20-29(56)23-71-44(65)26-8-11-32-35(17-26)41(62)50(14-5-2)38(32)59)48(69)54(47(52)68)21-30(57)24-72-45(66)27-9-12-33-36(18-27)42(63)51(15-6-3)39(33)60/h4-12,16-18,28-30,55-57H,1-3,13-15,19-24H2. The summed E-state index contributed by atoms with van der Waals surface area (Å²) in [6.45, 7) is 4.62. The summed E-state index contributed by atoms with van der Waals surface area (Å²) in [5.74, 6) is -7.18. The highest BCUT2D eigenvalue weighted by Gasteiger charge is 2.38. The zero-order chi connectivity index (χ0) is 52.3. The van der Waals surface area contributed by atoms with Gasteiger partial charge in [0.1, 0.15) is 38.1 Å². The second-order valence-corrected chi connectivity index (χ2v) is 16.2. The van der Waals surface area contributed by atoms with Gasteiger partial charge < -0.3 is 29.5 Å². The molecule has 0 bridgehead atoms. The molecular formula is C48H42N6O18. The minimum atomic E-state index is -1.87. The van der Waals surface area contributed by atoms with Crippen LogP contribution < -0.4 is 17.1 Å². The van der Waals surface area contributed by atoms with Crippen molar-refractivity contribution in [1.29, 1.82) is 0 Å². The summed E-state index contributed by atoms with van der Waals surface area (Å²) in [5.41, 5.74) is -5.15. The molecule has 7 rings (SSSR count). The van der Waals surface area contributed by atoms with Crippen molar-refractivity contribution >= 4 is 53.4 Å². The molecule has 6 amide bonds. The van der Waals surface area contributed by atoms with Crippen LogP contribution in [0.4, 0.5) is 0 Å². The van der Waals surface area contributed by atoms with Gasteiger partial charge >= 0.3 is 35.0 Å². The molecule has 24 nitrogen and oxygen atoms in total. The van der Waals surface area contributed by atoms with Crippen LogP contribution in [-0.4, -0.2) is 155 Å². The average Bonchev–Trinajstić information content (AvgIpc) is 3.86. The molecule has 1 aromatic heterocycles. The molecule has 72 heavy (non-hydrogen) atoms. The fourth-order valence-corrected chi connectivity index (χ4v) is 7.84. The molecule has 24 heteroatoms. The normalized spacial score (nSPS) is 15.0. The molecule has 372 valence electrons. The second kappa shape index (κ2) is 20.9. The first-order valence-corrected chi connectivity index (χ1v) is 21.6. The maximum Gasteiger partial charge on any atom is 0.338 e. The molecular weight excluding hydrogens is 949 g/mol. The lowest BCUT2D eigenvalue weighted by Gasteiger charge is -2.19. The number of hydrogen-bond acceptors (Lipinski definition) is 18. The molecule has 3 aliphatic rings. The molecule has 3 atom stereocenters. The van der Waals surface area contributed by atoms with Gasteiger partial charge in [0.25, 0.3) is 35.4 Å².